The van der Waals surface area contributed by atoms with E-state index in [1.807, 2.05) is 12.1 Å². The van der Waals surface area contributed by atoms with E-state index in [2.05, 4.69) is 10.2 Å². The summed E-state index contributed by atoms with van der Waals surface area (Å²) in [6.45, 7) is 3.09. The Balaban J connectivity index is 1.11. The maximum Gasteiger partial charge on any atom is 0.262 e. The molecule has 192 valence electrons. The van der Waals surface area contributed by atoms with Crippen LogP contribution in [0.5, 0.6) is 5.75 Å². The summed E-state index contributed by atoms with van der Waals surface area (Å²) in [5.41, 5.74) is 2.66. The molecule has 1 N–H and O–H groups in total. The van der Waals surface area contributed by atoms with Gasteiger partial charge in [-0.15, -0.1) is 0 Å². The van der Waals surface area contributed by atoms with E-state index >= 15 is 0 Å². The lowest BCUT2D eigenvalue weighted by atomic mass is 9.77. The minimum absolute atomic E-state index is 0.0986. The summed E-state index contributed by atoms with van der Waals surface area (Å²) in [5, 5.41) is 2.22. The van der Waals surface area contributed by atoms with Crippen molar-refractivity contribution in [2.75, 3.05) is 19.7 Å². The van der Waals surface area contributed by atoms with E-state index < -0.39 is 23.8 Å². The summed E-state index contributed by atoms with van der Waals surface area (Å²) in [4.78, 5) is 53.1. The van der Waals surface area contributed by atoms with Gasteiger partial charge >= 0.3 is 0 Å². The molecule has 0 saturated carbocycles. The van der Waals surface area contributed by atoms with Crippen molar-refractivity contribution in [1.29, 1.82) is 0 Å². The monoisotopic (exact) mass is 505 g/mol. The predicted octanol–water partition coefficient (Wildman–Crippen LogP) is 3.01. The molecule has 2 atom stereocenters. The number of piperidine rings is 2. The third-order valence-corrected chi connectivity index (χ3v) is 8.17. The number of halogens is 1. The van der Waals surface area contributed by atoms with E-state index in [4.69, 9.17) is 4.74 Å². The number of imide groups is 2. The number of benzene rings is 2. The number of rotatable bonds is 4. The Hall–Kier alpha value is -3.59. The predicted molar refractivity (Wildman–Crippen MR) is 130 cm³/mol. The zero-order valence-corrected chi connectivity index (χ0v) is 20.4. The minimum atomic E-state index is -0.959. The second-order valence-corrected chi connectivity index (χ2v) is 10.4. The lowest BCUT2D eigenvalue weighted by Crippen LogP contribution is -2.54. The molecule has 4 aliphatic heterocycles. The van der Waals surface area contributed by atoms with Crippen LogP contribution in [0.25, 0.3) is 0 Å². The van der Waals surface area contributed by atoms with Gasteiger partial charge in [-0.05, 0) is 79.9 Å². The first kappa shape index (κ1) is 23.8. The van der Waals surface area contributed by atoms with Gasteiger partial charge in [0.15, 0.2) is 0 Å². The van der Waals surface area contributed by atoms with Crippen molar-refractivity contribution in [3.05, 3.63) is 64.5 Å². The van der Waals surface area contributed by atoms with Crippen LogP contribution in [0.2, 0.25) is 0 Å². The first-order chi connectivity index (χ1) is 17.9. The Morgan fingerprint density at radius 2 is 1.70 bits per heavy atom. The summed E-state index contributed by atoms with van der Waals surface area (Å²) >= 11 is 0. The molecule has 2 aromatic carbocycles. The number of amides is 4. The molecule has 2 aromatic rings. The molecule has 4 aliphatic rings. The highest BCUT2D eigenvalue weighted by molar-refractivity contribution is 6.23. The van der Waals surface area contributed by atoms with E-state index in [0.717, 1.165) is 48.4 Å². The summed E-state index contributed by atoms with van der Waals surface area (Å²) < 4.78 is 19.3. The van der Waals surface area contributed by atoms with Gasteiger partial charge in [0.05, 0.1) is 17.7 Å². The van der Waals surface area contributed by atoms with Gasteiger partial charge in [0, 0.05) is 19.0 Å². The molecule has 4 heterocycles. The normalized spacial score (nSPS) is 24.5. The number of likely N-dealkylation sites (tertiary alicyclic amines) is 1. The first-order valence-electron chi connectivity index (χ1n) is 12.9. The van der Waals surface area contributed by atoms with Gasteiger partial charge in [0.2, 0.25) is 11.8 Å². The van der Waals surface area contributed by atoms with Gasteiger partial charge in [0.1, 0.15) is 17.6 Å². The molecule has 4 amide bonds. The molecule has 37 heavy (non-hydrogen) atoms. The van der Waals surface area contributed by atoms with Crippen LogP contribution in [0.15, 0.2) is 36.4 Å². The SMILES string of the molecule is O=C1CCC(N2C(=O)c3ccc(CN4CCC(C5CCOc6cc(F)ccc65)CC4)cc3C2=O)C(=O)N1. The Morgan fingerprint density at radius 1 is 0.919 bits per heavy atom. The maximum absolute atomic E-state index is 13.6. The van der Waals surface area contributed by atoms with Crippen LogP contribution in [-0.4, -0.2) is 59.2 Å². The molecule has 2 unspecified atom stereocenters. The first-order valence-corrected chi connectivity index (χ1v) is 12.9. The van der Waals surface area contributed by atoms with Gasteiger partial charge < -0.3 is 4.74 Å². The van der Waals surface area contributed by atoms with Gasteiger partial charge in [-0.2, -0.15) is 0 Å². The third-order valence-electron chi connectivity index (χ3n) is 8.17. The second-order valence-electron chi connectivity index (χ2n) is 10.4. The largest absolute Gasteiger partial charge is 0.493 e. The van der Waals surface area contributed by atoms with Gasteiger partial charge in [-0.3, -0.25) is 34.3 Å². The number of carbonyl (C=O) groups is 4. The van der Waals surface area contributed by atoms with Crippen LogP contribution in [0, 0.1) is 11.7 Å². The van der Waals surface area contributed by atoms with Crippen molar-refractivity contribution in [3.63, 3.8) is 0 Å². The zero-order valence-electron chi connectivity index (χ0n) is 20.4. The third kappa shape index (κ3) is 4.31. The maximum atomic E-state index is 13.6. The highest BCUT2D eigenvalue weighted by atomic mass is 19.1. The summed E-state index contributed by atoms with van der Waals surface area (Å²) in [7, 11) is 0. The standard InChI is InChI=1S/C28H28FN3O5/c29-18-2-4-20-19(9-12-37-24(20)14-18)17-7-10-31(11-8-17)15-16-1-3-21-22(13-16)28(36)32(27(21)35)23-5-6-25(33)30-26(23)34/h1-4,13-14,17,19,23H,5-12,15H2,(H,30,33,34). The minimum Gasteiger partial charge on any atom is -0.493 e. The molecule has 6 rings (SSSR count). The summed E-state index contributed by atoms with van der Waals surface area (Å²) in [6, 6.07) is 9.20. The highest BCUT2D eigenvalue weighted by Gasteiger charge is 2.44. The molecule has 2 saturated heterocycles. The van der Waals surface area contributed by atoms with Crippen molar-refractivity contribution in [2.24, 2.45) is 5.92 Å². The Bertz CT molecular complexity index is 1300. The number of fused-ring (bicyclic) bond motifs is 2. The number of hydrogen-bond acceptors (Lipinski definition) is 6. The van der Waals surface area contributed by atoms with Crippen molar-refractivity contribution < 1.29 is 28.3 Å². The molecule has 8 nitrogen and oxygen atoms in total. The number of carbonyl (C=O) groups excluding carboxylic acids is 4. The highest BCUT2D eigenvalue weighted by Crippen LogP contribution is 2.42. The van der Waals surface area contributed by atoms with Crippen molar-refractivity contribution in [1.82, 2.24) is 15.1 Å². The topological polar surface area (TPSA) is 96.0 Å². The van der Waals surface area contributed by atoms with Gasteiger partial charge in [-0.1, -0.05) is 12.1 Å². The fraction of sp³-hybridized carbons (Fsp3) is 0.429. The van der Waals surface area contributed by atoms with Gasteiger partial charge in [-0.25, -0.2) is 4.39 Å². The fourth-order valence-electron chi connectivity index (χ4n) is 6.27. The molecule has 2 fully saturated rings. The molecular weight excluding hydrogens is 477 g/mol. The number of nitrogens with zero attached hydrogens (tertiary/aromatic N) is 2. The summed E-state index contributed by atoms with van der Waals surface area (Å²) in [6.07, 6.45) is 3.22. The Labute approximate surface area is 213 Å². The van der Waals surface area contributed by atoms with Crippen LogP contribution < -0.4 is 10.1 Å². The quantitative estimate of drug-likeness (QED) is 0.642. The molecule has 9 heteroatoms. The van der Waals surface area contributed by atoms with E-state index in [0.29, 0.717) is 41.9 Å². The molecule has 0 aromatic heterocycles. The van der Waals surface area contributed by atoms with E-state index in [-0.39, 0.29) is 24.6 Å². The summed E-state index contributed by atoms with van der Waals surface area (Å²) in [5.74, 6) is -0.696. The van der Waals surface area contributed by atoms with Crippen LogP contribution >= 0.6 is 0 Å². The lowest BCUT2D eigenvalue weighted by molar-refractivity contribution is -0.136. The fourth-order valence-corrected chi connectivity index (χ4v) is 6.27. The molecule has 0 aliphatic carbocycles. The smallest absolute Gasteiger partial charge is 0.262 e. The molecule has 0 radical (unpaired) electrons. The van der Waals surface area contributed by atoms with Crippen molar-refractivity contribution >= 4 is 23.6 Å². The lowest BCUT2D eigenvalue weighted by Gasteiger charge is -2.38. The Morgan fingerprint density at radius 3 is 2.49 bits per heavy atom. The Kier molecular flexibility index (Phi) is 6.03. The van der Waals surface area contributed by atoms with Gasteiger partial charge in [0.25, 0.3) is 11.8 Å². The van der Waals surface area contributed by atoms with Crippen LogP contribution in [0.4, 0.5) is 4.39 Å². The second kappa shape index (κ2) is 9.37. The van der Waals surface area contributed by atoms with Crippen LogP contribution in [0.1, 0.15) is 69.9 Å². The van der Waals surface area contributed by atoms with Crippen molar-refractivity contribution in [2.45, 2.75) is 50.6 Å². The number of ether oxygens (including phenoxy) is 1. The zero-order chi connectivity index (χ0) is 25.7. The van der Waals surface area contributed by atoms with Crippen LogP contribution in [-0.2, 0) is 16.1 Å². The van der Waals surface area contributed by atoms with Crippen LogP contribution in [0.3, 0.4) is 0 Å². The number of hydrogen-bond donors (Lipinski definition) is 1. The van der Waals surface area contributed by atoms with E-state index in [1.54, 1.807) is 12.1 Å². The average molecular weight is 506 g/mol. The van der Waals surface area contributed by atoms with Crippen molar-refractivity contribution in [3.8, 4) is 5.75 Å². The van der Waals surface area contributed by atoms with E-state index in [1.165, 1.54) is 12.1 Å². The molecule has 0 bridgehead atoms. The number of nitrogens with one attached hydrogen (secondary N) is 1. The molecule has 0 spiro atoms. The van der Waals surface area contributed by atoms with E-state index in [9.17, 15) is 23.6 Å². The molecular formula is C28H28FN3O5. The average Bonchev–Trinajstić information content (AvgIpc) is 3.13.